The number of pyridine rings is 1. The molecule has 2 heteroatoms. The highest BCUT2D eigenvalue weighted by Crippen LogP contribution is 2.33. The van der Waals surface area contributed by atoms with Crippen LogP contribution >= 0.6 is 0 Å². The first-order valence-electron chi connectivity index (χ1n) is 8.42. The second kappa shape index (κ2) is 5.60. The number of anilines is 2. The molecule has 0 bridgehead atoms. The maximum atomic E-state index is 4.75. The molecule has 0 aliphatic carbocycles. The van der Waals surface area contributed by atoms with Crippen LogP contribution in [0, 0.1) is 0 Å². The van der Waals surface area contributed by atoms with E-state index in [1.807, 2.05) is 24.3 Å². The summed E-state index contributed by atoms with van der Waals surface area (Å²) in [6.45, 7) is 0. The summed E-state index contributed by atoms with van der Waals surface area (Å²) < 4.78 is 0. The number of hydrogen-bond acceptors (Lipinski definition) is 2. The predicted octanol–water partition coefficient (Wildman–Crippen LogP) is 6.28. The fourth-order valence-electron chi connectivity index (χ4n) is 3.44. The molecule has 0 saturated carbocycles. The molecular formula is C23H16N2. The first kappa shape index (κ1) is 14.0. The molecule has 2 nitrogen and oxygen atoms in total. The van der Waals surface area contributed by atoms with E-state index in [0.717, 1.165) is 22.4 Å². The standard InChI is InChI=1S/C23H16N2/c1-3-9-19-16(6-1)12-13-18-8-5-11-21(23(18)19)25-22-15-14-17-7-2-4-10-20(17)24-22/h1-15H,(H,24,25). The highest BCUT2D eigenvalue weighted by molar-refractivity contribution is 6.13. The van der Waals surface area contributed by atoms with Crippen molar-refractivity contribution in [2.45, 2.75) is 0 Å². The molecule has 1 aromatic heterocycles. The van der Waals surface area contributed by atoms with Gasteiger partial charge in [0.1, 0.15) is 5.82 Å². The number of rotatable bonds is 2. The van der Waals surface area contributed by atoms with Crippen molar-refractivity contribution < 1.29 is 0 Å². The van der Waals surface area contributed by atoms with E-state index in [1.165, 1.54) is 21.5 Å². The Bertz CT molecular complexity index is 1220. The zero-order chi connectivity index (χ0) is 16.6. The Morgan fingerprint density at radius 1 is 0.560 bits per heavy atom. The topological polar surface area (TPSA) is 24.9 Å². The molecule has 25 heavy (non-hydrogen) atoms. The summed E-state index contributed by atoms with van der Waals surface area (Å²) >= 11 is 0. The monoisotopic (exact) mass is 320 g/mol. The number of benzene rings is 4. The molecule has 5 aromatic rings. The van der Waals surface area contributed by atoms with Crippen LogP contribution in [0.5, 0.6) is 0 Å². The van der Waals surface area contributed by atoms with Crippen molar-refractivity contribution in [2.24, 2.45) is 0 Å². The summed E-state index contributed by atoms with van der Waals surface area (Å²) in [7, 11) is 0. The molecule has 0 spiro atoms. The molecule has 0 saturated heterocycles. The zero-order valence-electron chi connectivity index (χ0n) is 13.6. The van der Waals surface area contributed by atoms with Crippen molar-refractivity contribution in [1.29, 1.82) is 0 Å². The summed E-state index contributed by atoms with van der Waals surface area (Å²) in [5.74, 6) is 0.860. The van der Waals surface area contributed by atoms with Gasteiger partial charge in [0, 0.05) is 16.5 Å². The van der Waals surface area contributed by atoms with Gasteiger partial charge in [-0.15, -0.1) is 0 Å². The van der Waals surface area contributed by atoms with Crippen LogP contribution in [-0.2, 0) is 0 Å². The molecule has 0 atom stereocenters. The Morgan fingerprint density at radius 3 is 2.24 bits per heavy atom. The van der Waals surface area contributed by atoms with Crippen molar-refractivity contribution in [3.8, 4) is 0 Å². The number of hydrogen-bond donors (Lipinski definition) is 1. The first-order valence-corrected chi connectivity index (χ1v) is 8.42. The molecule has 5 rings (SSSR count). The number of fused-ring (bicyclic) bond motifs is 4. The van der Waals surface area contributed by atoms with E-state index in [9.17, 15) is 0 Å². The van der Waals surface area contributed by atoms with Gasteiger partial charge in [0.2, 0.25) is 0 Å². The van der Waals surface area contributed by atoms with Gasteiger partial charge < -0.3 is 5.32 Å². The highest BCUT2D eigenvalue weighted by Gasteiger charge is 2.07. The largest absolute Gasteiger partial charge is 0.340 e. The van der Waals surface area contributed by atoms with E-state index in [4.69, 9.17) is 4.98 Å². The summed E-state index contributed by atoms with van der Waals surface area (Å²) in [6.07, 6.45) is 0. The van der Waals surface area contributed by atoms with Gasteiger partial charge in [-0.1, -0.05) is 66.7 Å². The minimum absolute atomic E-state index is 0.860. The molecule has 0 aliphatic rings. The van der Waals surface area contributed by atoms with E-state index < -0.39 is 0 Å². The SMILES string of the molecule is c1ccc2nc(Nc3cccc4ccc5ccccc5c34)ccc2c1. The Labute approximate surface area is 145 Å². The molecule has 0 fully saturated rings. The Kier molecular flexibility index (Phi) is 3.14. The van der Waals surface area contributed by atoms with Crippen LogP contribution in [0.2, 0.25) is 0 Å². The number of para-hydroxylation sites is 1. The normalized spacial score (nSPS) is 11.2. The third-order valence-electron chi connectivity index (χ3n) is 4.63. The summed E-state index contributed by atoms with van der Waals surface area (Å²) in [5, 5.41) is 9.63. The lowest BCUT2D eigenvalue weighted by atomic mass is 10.0. The summed E-state index contributed by atoms with van der Waals surface area (Å²) in [5.41, 5.74) is 2.08. The van der Waals surface area contributed by atoms with Gasteiger partial charge in [-0.3, -0.25) is 0 Å². The second-order valence-electron chi connectivity index (χ2n) is 6.20. The van der Waals surface area contributed by atoms with Crippen LogP contribution in [0.3, 0.4) is 0 Å². The van der Waals surface area contributed by atoms with Gasteiger partial charge >= 0.3 is 0 Å². The van der Waals surface area contributed by atoms with Gasteiger partial charge in [0.25, 0.3) is 0 Å². The number of aromatic nitrogens is 1. The van der Waals surface area contributed by atoms with Gasteiger partial charge in [-0.25, -0.2) is 4.98 Å². The molecule has 0 unspecified atom stereocenters. The van der Waals surface area contributed by atoms with E-state index in [-0.39, 0.29) is 0 Å². The molecule has 0 aliphatic heterocycles. The molecule has 1 N–H and O–H groups in total. The van der Waals surface area contributed by atoms with Gasteiger partial charge in [-0.05, 0) is 40.4 Å². The van der Waals surface area contributed by atoms with Gasteiger partial charge in [-0.2, -0.15) is 0 Å². The molecule has 0 amide bonds. The van der Waals surface area contributed by atoms with E-state index in [1.54, 1.807) is 0 Å². The zero-order valence-corrected chi connectivity index (χ0v) is 13.6. The Hall–Kier alpha value is -3.39. The van der Waals surface area contributed by atoms with Crippen molar-refractivity contribution in [3.05, 3.63) is 91.0 Å². The van der Waals surface area contributed by atoms with E-state index in [2.05, 4.69) is 72.0 Å². The van der Waals surface area contributed by atoms with Crippen LogP contribution in [0.1, 0.15) is 0 Å². The fraction of sp³-hybridized carbons (Fsp3) is 0. The highest BCUT2D eigenvalue weighted by atomic mass is 15.0. The summed E-state index contributed by atoms with van der Waals surface area (Å²) in [6, 6.07) is 31.5. The molecule has 4 aromatic carbocycles. The second-order valence-corrected chi connectivity index (χ2v) is 6.20. The average Bonchev–Trinajstić information content (AvgIpc) is 2.68. The third-order valence-corrected chi connectivity index (χ3v) is 4.63. The van der Waals surface area contributed by atoms with E-state index in [0.29, 0.717) is 0 Å². The minimum atomic E-state index is 0.860. The van der Waals surface area contributed by atoms with Crippen LogP contribution in [0.15, 0.2) is 91.0 Å². The fourth-order valence-corrected chi connectivity index (χ4v) is 3.44. The van der Waals surface area contributed by atoms with Crippen molar-refractivity contribution >= 4 is 44.0 Å². The van der Waals surface area contributed by atoms with Gasteiger partial charge in [0.15, 0.2) is 0 Å². The smallest absolute Gasteiger partial charge is 0.131 e. The van der Waals surface area contributed by atoms with Crippen molar-refractivity contribution in [3.63, 3.8) is 0 Å². The van der Waals surface area contributed by atoms with E-state index >= 15 is 0 Å². The van der Waals surface area contributed by atoms with Gasteiger partial charge in [0.05, 0.1) is 5.52 Å². The lowest BCUT2D eigenvalue weighted by Gasteiger charge is -2.12. The van der Waals surface area contributed by atoms with Crippen LogP contribution in [0.4, 0.5) is 11.5 Å². The predicted molar refractivity (Wildman–Crippen MR) is 106 cm³/mol. The Balaban J connectivity index is 1.70. The maximum absolute atomic E-state index is 4.75. The lowest BCUT2D eigenvalue weighted by molar-refractivity contribution is 1.38. The summed E-state index contributed by atoms with van der Waals surface area (Å²) in [4.78, 5) is 4.75. The first-order chi connectivity index (χ1) is 12.4. The molecule has 1 heterocycles. The van der Waals surface area contributed by atoms with Crippen molar-refractivity contribution in [2.75, 3.05) is 5.32 Å². The molecule has 0 radical (unpaired) electrons. The third kappa shape index (κ3) is 2.39. The van der Waals surface area contributed by atoms with Crippen LogP contribution in [-0.4, -0.2) is 4.98 Å². The number of nitrogens with one attached hydrogen (secondary N) is 1. The Morgan fingerprint density at radius 2 is 1.28 bits per heavy atom. The maximum Gasteiger partial charge on any atom is 0.131 e. The number of nitrogens with zero attached hydrogens (tertiary/aromatic N) is 1. The average molecular weight is 320 g/mol. The van der Waals surface area contributed by atoms with Crippen LogP contribution in [0.25, 0.3) is 32.4 Å². The quantitative estimate of drug-likeness (QED) is 0.387. The van der Waals surface area contributed by atoms with Crippen LogP contribution < -0.4 is 5.32 Å². The molecular weight excluding hydrogens is 304 g/mol. The minimum Gasteiger partial charge on any atom is -0.340 e. The van der Waals surface area contributed by atoms with Crippen molar-refractivity contribution in [1.82, 2.24) is 4.98 Å². The molecule has 118 valence electrons. The lowest BCUT2D eigenvalue weighted by Crippen LogP contribution is -1.95.